The van der Waals surface area contributed by atoms with Crippen LogP contribution in [-0.4, -0.2) is 30.9 Å². The molecule has 0 radical (unpaired) electrons. The van der Waals surface area contributed by atoms with Gasteiger partial charge in [0, 0.05) is 12.4 Å². The van der Waals surface area contributed by atoms with Gasteiger partial charge in [-0.25, -0.2) is 0 Å². The maximum absolute atomic E-state index is 11.8. The van der Waals surface area contributed by atoms with Crippen LogP contribution in [0.1, 0.15) is 0 Å². The molecule has 7 nitrogen and oxygen atoms in total. The van der Waals surface area contributed by atoms with Crippen LogP contribution < -0.4 is 5.32 Å². The van der Waals surface area contributed by atoms with Crippen molar-refractivity contribution in [3.05, 3.63) is 36.9 Å². The van der Waals surface area contributed by atoms with Crippen molar-refractivity contribution in [2.45, 2.75) is 6.54 Å². The van der Waals surface area contributed by atoms with Crippen molar-refractivity contribution in [2.24, 2.45) is 0 Å². The Balaban J connectivity index is 1.78. The molecule has 0 spiro atoms. The summed E-state index contributed by atoms with van der Waals surface area (Å²) in [6.07, 6.45) is 6.49. The number of amides is 1. The van der Waals surface area contributed by atoms with Gasteiger partial charge in [-0.1, -0.05) is 0 Å². The highest BCUT2D eigenvalue weighted by molar-refractivity contribution is 5.91. The quantitative estimate of drug-likeness (QED) is 0.710. The number of hydrogen-bond acceptors (Lipinski definition) is 4. The Morgan fingerprint density at radius 3 is 3.22 bits per heavy atom. The number of pyridine rings is 1. The van der Waals surface area contributed by atoms with Gasteiger partial charge in [0.05, 0.1) is 23.6 Å². The number of carbonyl (C=O) groups is 1. The molecule has 3 aromatic heterocycles. The first kappa shape index (κ1) is 10.5. The Morgan fingerprint density at radius 1 is 1.44 bits per heavy atom. The number of nitrogens with zero attached hydrogens (tertiary/aromatic N) is 4. The predicted octanol–water partition coefficient (Wildman–Crippen LogP) is 0.793. The zero-order chi connectivity index (χ0) is 12.4. The Morgan fingerprint density at radius 2 is 2.39 bits per heavy atom. The van der Waals surface area contributed by atoms with E-state index in [2.05, 4.69) is 25.6 Å². The SMILES string of the molecule is O=C(Cn1ncc2ncccc21)Nc1cn[nH]c1. The van der Waals surface area contributed by atoms with Crippen molar-refractivity contribution in [1.29, 1.82) is 0 Å². The number of aromatic amines is 1. The van der Waals surface area contributed by atoms with Crippen molar-refractivity contribution in [2.75, 3.05) is 5.32 Å². The monoisotopic (exact) mass is 242 g/mol. The van der Waals surface area contributed by atoms with Crippen molar-refractivity contribution >= 4 is 22.6 Å². The molecule has 3 rings (SSSR count). The molecule has 3 heterocycles. The third-order valence-electron chi connectivity index (χ3n) is 2.49. The highest BCUT2D eigenvalue weighted by Gasteiger charge is 2.08. The van der Waals surface area contributed by atoms with Gasteiger partial charge < -0.3 is 5.32 Å². The molecule has 0 aliphatic heterocycles. The van der Waals surface area contributed by atoms with Crippen LogP contribution in [0.4, 0.5) is 5.69 Å². The molecular weight excluding hydrogens is 232 g/mol. The van der Waals surface area contributed by atoms with E-state index in [-0.39, 0.29) is 12.5 Å². The fourth-order valence-corrected chi connectivity index (χ4v) is 1.70. The number of rotatable bonds is 3. The molecule has 2 N–H and O–H groups in total. The Bertz CT molecular complexity index is 672. The summed E-state index contributed by atoms with van der Waals surface area (Å²) in [5.74, 6) is -0.162. The summed E-state index contributed by atoms with van der Waals surface area (Å²) in [5, 5.41) is 13.2. The lowest BCUT2D eigenvalue weighted by Crippen LogP contribution is -2.19. The molecule has 0 aromatic carbocycles. The van der Waals surface area contributed by atoms with Gasteiger partial charge in [0.1, 0.15) is 12.1 Å². The lowest BCUT2D eigenvalue weighted by molar-refractivity contribution is -0.116. The van der Waals surface area contributed by atoms with E-state index in [1.807, 2.05) is 12.1 Å². The number of aromatic nitrogens is 5. The fraction of sp³-hybridized carbons (Fsp3) is 0.0909. The normalized spacial score (nSPS) is 10.7. The molecule has 3 aromatic rings. The second-order valence-electron chi connectivity index (χ2n) is 3.75. The molecule has 0 saturated carbocycles. The number of hydrogen-bond donors (Lipinski definition) is 2. The highest BCUT2D eigenvalue weighted by atomic mass is 16.2. The average Bonchev–Trinajstić information content (AvgIpc) is 3.00. The third-order valence-corrected chi connectivity index (χ3v) is 2.49. The van der Waals surface area contributed by atoms with E-state index in [0.29, 0.717) is 5.69 Å². The molecule has 18 heavy (non-hydrogen) atoms. The molecule has 0 atom stereocenters. The van der Waals surface area contributed by atoms with Crippen LogP contribution >= 0.6 is 0 Å². The molecule has 0 fully saturated rings. The average molecular weight is 242 g/mol. The molecule has 0 aliphatic rings. The van der Waals surface area contributed by atoms with Crippen molar-refractivity contribution < 1.29 is 4.79 Å². The molecule has 1 amide bonds. The van der Waals surface area contributed by atoms with Crippen molar-refractivity contribution in [1.82, 2.24) is 25.0 Å². The summed E-state index contributed by atoms with van der Waals surface area (Å²) in [4.78, 5) is 15.9. The standard InChI is InChI=1S/C11H10N6O/c18-11(16-8-4-13-14-5-8)7-17-10-2-1-3-12-9(10)6-15-17/h1-6H,7H2,(H,13,14)(H,16,18). The van der Waals surface area contributed by atoms with Gasteiger partial charge in [0.15, 0.2) is 0 Å². The topological polar surface area (TPSA) is 88.5 Å². The van der Waals surface area contributed by atoms with Gasteiger partial charge in [0.2, 0.25) is 5.91 Å². The zero-order valence-electron chi connectivity index (χ0n) is 9.37. The molecule has 0 saturated heterocycles. The van der Waals surface area contributed by atoms with E-state index in [9.17, 15) is 4.79 Å². The largest absolute Gasteiger partial charge is 0.322 e. The predicted molar refractivity (Wildman–Crippen MR) is 64.7 cm³/mol. The smallest absolute Gasteiger partial charge is 0.246 e. The maximum Gasteiger partial charge on any atom is 0.246 e. The van der Waals surface area contributed by atoms with Crippen LogP contribution in [0, 0.1) is 0 Å². The molecule has 7 heteroatoms. The van der Waals surface area contributed by atoms with Crippen LogP contribution in [0.15, 0.2) is 36.9 Å². The summed E-state index contributed by atoms with van der Waals surface area (Å²) in [7, 11) is 0. The minimum atomic E-state index is -0.162. The Labute approximate surface area is 102 Å². The van der Waals surface area contributed by atoms with Gasteiger partial charge >= 0.3 is 0 Å². The number of carbonyl (C=O) groups excluding carboxylic acids is 1. The molecule has 0 aliphatic carbocycles. The van der Waals surface area contributed by atoms with Gasteiger partial charge in [-0.05, 0) is 12.1 Å². The van der Waals surface area contributed by atoms with E-state index in [1.54, 1.807) is 29.5 Å². The van der Waals surface area contributed by atoms with Gasteiger partial charge in [-0.15, -0.1) is 0 Å². The van der Waals surface area contributed by atoms with E-state index in [4.69, 9.17) is 0 Å². The highest BCUT2D eigenvalue weighted by Crippen LogP contribution is 2.10. The second-order valence-corrected chi connectivity index (χ2v) is 3.75. The van der Waals surface area contributed by atoms with Crippen LogP contribution in [-0.2, 0) is 11.3 Å². The van der Waals surface area contributed by atoms with Gasteiger partial charge in [-0.2, -0.15) is 10.2 Å². The number of H-pyrrole nitrogens is 1. The maximum atomic E-state index is 11.8. The minimum absolute atomic E-state index is 0.139. The Kier molecular flexibility index (Phi) is 2.49. The van der Waals surface area contributed by atoms with Gasteiger partial charge in [-0.3, -0.25) is 19.6 Å². The first-order chi connectivity index (χ1) is 8.83. The third kappa shape index (κ3) is 1.93. The van der Waals surface area contributed by atoms with E-state index in [0.717, 1.165) is 11.0 Å². The first-order valence-electron chi connectivity index (χ1n) is 5.38. The zero-order valence-corrected chi connectivity index (χ0v) is 9.37. The fourth-order valence-electron chi connectivity index (χ4n) is 1.70. The molecule has 0 unspecified atom stereocenters. The lowest BCUT2D eigenvalue weighted by atomic mass is 10.4. The van der Waals surface area contributed by atoms with E-state index >= 15 is 0 Å². The van der Waals surface area contributed by atoms with Crippen molar-refractivity contribution in [3.8, 4) is 0 Å². The minimum Gasteiger partial charge on any atom is -0.322 e. The van der Waals surface area contributed by atoms with Crippen LogP contribution in [0.2, 0.25) is 0 Å². The van der Waals surface area contributed by atoms with Crippen LogP contribution in [0.25, 0.3) is 11.0 Å². The lowest BCUT2D eigenvalue weighted by Gasteiger charge is -2.03. The summed E-state index contributed by atoms with van der Waals surface area (Å²) in [6.45, 7) is 0.139. The first-order valence-corrected chi connectivity index (χ1v) is 5.38. The van der Waals surface area contributed by atoms with Crippen LogP contribution in [0.3, 0.4) is 0 Å². The summed E-state index contributed by atoms with van der Waals surface area (Å²) in [6, 6.07) is 3.69. The molecule has 90 valence electrons. The van der Waals surface area contributed by atoms with Gasteiger partial charge in [0.25, 0.3) is 0 Å². The summed E-state index contributed by atoms with van der Waals surface area (Å²) < 4.78 is 1.61. The Hall–Kier alpha value is -2.70. The summed E-state index contributed by atoms with van der Waals surface area (Å²) in [5.41, 5.74) is 2.24. The van der Waals surface area contributed by atoms with E-state index in [1.165, 1.54) is 0 Å². The number of fused-ring (bicyclic) bond motifs is 1. The van der Waals surface area contributed by atoms with Crippen molar-refractivity contribution in [3.63, 3.8) is 0 Å². The second kappa shape index (κ2) is 4.28. The number of nitrogens with one attached hydrogen (secondary N) is 2. The summed E-state index contributed by atoms with van der Waals surface area (Å²) >= 11 is 0. The molecule has 0 bridgehead atoms. The van der Waals surface area contributed by atoms with Crippen LogP contribution in [0.5, 0.6) is 0 Å². The number of anilines is 1. The molecular formula is C11H10N6O. The van der Waals surface area contributed by atoms with E-state index < -0.39 is 0 Å².